The molecule has 106 valence electrons. The van der Waals surface area contributed by atoms with Gasteiger partial charge in [-0.2, -0.15) is 0 Å². The predicted molar refractivity (Wildman–Crippen MR) is 84.7 cm³/mol. The van der Waals surface area contributed by atoms with E-state index in [9.17, 15) is 4.79 Å². The first-order valence-corrected chi connectivity index (χ1v) is 8.49. The Kier molecular flexibility index (Phi) is 3.20. The number of carbonyl (C=O) groups is 1. The van der Waals surface area contributed by atoms with Gasteiger partial charge < -0.3 is 5.32 Å². The highest BCUT2D eigenvalue weighted by Crippen LogP contribution is 2.36. The van der Waals surface area contributed by atoms with Gasteiger partial charge in [-0.1, -0.05) is 18.2 Å². The Bertz CT molecular complexity index is 754. The van der Waals surface area contributed by atoms with Crippen molar-refractivity contribution in [1.82, 2.24) is 14.7 Å². The number of amides is 1. The maximum absolute atomic E-state index is 12.3. The van der Waals surface area contributed by atoms with Crippen molar-refractivity contribution in [2.24, 2.45) is 0 Å². The topological polar surface area (TPSA) is 46.4 Å². The van der Waals surface area contributed by atoms with Crippen LogP contribution in [0.4, 0.5) is 0 Å². The van der Waals surface area contributed by atoms with E-state index in [4.69, 9.17) is 0 Å². The molecule has 1 amide bonds. The van der Waals surface area contributed by atoms with E-state index in [1.165, 1.54) is 10.5 Å². The summed E-state index contributed by atoms with van der Waals surface area (Å²) in [6.07, 6.45) is 4.75. The van der Waals surface area contributed by atoms with Crippen molar-refractivity contribution in [2.45, 2.75) is 23.1 Å². The zero-order valence-electron chi connectivity index (χ0n) is 11.2. The molecule has 21 heavy (non-hydrogen) atoms. The Morgan fingerprint density at radius 3 is 3.19 bits per heavy atom. The van der Waals surface area contributed by atoms with Crippen LogP contribution in [-0.2, 0) is 17.8 Å². The predicted octanol–water partition coefficient (Wildman–Crippen LogP) is 2.73. The third-order valence-corrected chi connectivity index (χ3v) is 5.61. The molecule has 4 rings (SSSR count). The SMILES string of the molecule is O=C(NCc1cn2ccsc2n1)C1Cc2ccccc2S1. The maximum Gasteiger partial charge on any atom is 0.234 e. The van der Waals surface area contributed by atoms with Gasteiger partial charge in [0.25, 0.3) is 0 Å². The molecule has 3 heterocycles. The second kappa shape index (κ2) is 5.20. The van der Waals surface area contributed by atoms with Gasteiger partial charge in [-0.3, -0.25) is 9.20 Å². The fourth-order valence-electron chi connectivity index (χ4n) is 2.48. The summed E-state index contributed by atoms with van der Waals surface area (Å²) >= 11 is 3.24. The number of nitrogens with one attached hydrogen (secondary N) is 1. The molecule has 6 heteroatoms. The van der Waals surface area contributed by atoms with Gasteiger partial charge in [0.1, 0.15) is 0 Å². The number of fused-ring (bicyclic) bond motifs is 2. The molecule has 1 N–H and O–H groups in total. The number of thioether (sulfide) groups is 1. The molecule has 1 aliphatic rings. The monoisotopic (exact) mass is 315 g/mol. The van der Waals surface area contributed by atoms with Gasteiger partial charge in [0.05, 0.1) is 17.5 Å². The van der Waals surface area contributed by atoms with Crippen LogP contribution in [0.25, 0.3) is 4.96 Å². The molecule has 0 spiro atoms. The number of rotatable bonds is 3. The average Bonchev–Trinajstić information content (AvgIpc) is 3.17. The largest absolute Gasteiger partial charge is 0.349 e. The number of benzene rings is 1. The molecule has 2 aromatic heterocycles. The first kappa shape index (κ1) is 12.9. The molecule has 0 fully saturated rings. The number of imidazole rings is 1. The summed E-state index contributed by atoms with van der Waals surface area (Å²) in [6.45, 7) is 0.487. The van der Waals surface area contributed by atoms with Crippen LogP contribution in [0.2, 0.25) is 0 Å². The number of hydrogen-bond donors (Lipinski definition) is 1. The zero-order valence-corrected chi connectivity index (χ0v) is 12.8. The van der Waals surface area contributed by atoms with E-state index in [1.807, 2.05) is 34.3 Å². The Balaban J connectivity index is 1.40. The van der Waals surface area contributed by atoms with Crippen LogP contribution >= 0.6 is 23.1 Å². The quantitative estimate of drug-likeness (QED) is 0.808. The van der Waals surface area contributed by atoms with Crippen molar-refractivity contribution in [3.05, 3.63) is 53.3 Å². The van der Waals surface area contributed by atoms with Gasteiger partial charge in [0.15, 0.2) is 4.96 Å². The minimum Gasteiger partial charge on any atom is -0.349 e. The lowest BCUT2D eigenvalue weighted by molar-refractivity contribution is -0.120. The molecule has 3 aromatic rings. The van der Waals surface area contributed by atoms with Crippen molar-refractivity contribution in [3.8, 4) is 0 Å². The van der Waals surface area contributed by atoms with Crippen LogP contribution in [0, 0.1) is 0 Å². The van der Waals surface area contributed by atoms with Gasteiger partial charge in [0.2, 0.25) is 5.91 Å². The van der Waals surface area contributed by atoms with Crippen molar-refractivity contribution in [2.75, 3.05) is 0 Å². The summed E-state index contributed by atoms with van der Waals surface area (Å²) in [4.78, 5) is 18.9. The first-order chi connectivity index (χ1) is 10.3. The Hall–Kier alpha value is -1.79. The average molecular weight is 315 g/mol. The fraction of sp³-hybridized carbons (Fsp3) is 0.200. The Morgan fingerprint density at radius 1 is 1.43 bits per heavy atom. The smallest absolute Gasteiger partial charge is 0.234 e. The molecule has 1 atom stereocenters. The highest BCUT2D eigenvalue weighted by molar-refractivity contribution is 8.01. The molecule has 0 saturated carbocycles. The number of carbonyl (C=O) groups excluding carboxylic acids is 1. The van der Waals surface area contributed by atoms with Crippen molar-refractivity contribution < 1.29 is 4.79 Å². The van der Waals surface area contributed by atoms with Crippen molar-refractivity contribution >= 4 is 34.0 Å². The number of hydrogen-bond acceptors (Lipinski definition) is 4. The van der Waals surface area contributed by atoms with E-state index in [0.717, 1.165) is 17.1 Å². The molecule has 0 radical (unpaired) electrons. The summed E-state index contributed by atoms with van der Waals surface area (Å²) in [5.41, 5.74) is 2.17. The fourth-order valence-corrected chi connectivity index (χ4v) is 4.42. The van der Waals surface area contributed by atoms with E-state index >= 15 is 0 Å². The lowest BCUT2D eigenvalue weighted by atomic mass is 10.1. The maximum atomic E-state index is 12.3. The Morgan fingerprint density at radius 2 is 2.33 bits per heavy atom. The molecule has 4 nitrogen and oxygen atoms in total. The molecule has 0 aliphatic carbocycles. The summed E-state index contributed by atoms with van der Waals surface area (Å²) in [7, 11) is 0. The second-order valence-electron chi connectivity index (χ2n) is 4.96. The highest BCUT2D eigenvalue weighted by Gasteiger charge is 2.27. The minimum absolute atomic E-state index is 0.0221. The third-order valence-electron chi connectivity index (χ3n) is 3.53. The number of nitrogens with zero attached hydrogens (tertiary/aromatic N) is 2. The third kappa shape index (κ3) is 2.45. The summed E-state index contributed by atoms with van der Waals surface area (Å²) < 4.78 is 1.98. The zero-order chi connectivity index (χ0) is 14.2. The van der Waals surface area contributed by atoms with E-state index in [0.29, 0.717) is 6.54 Å². The number of aromatic nitrogens is 2. The van der Waals surface area contributed by atoms with Gasteiger partial charge >= 0.3 is 0 Å². The van der Waals surface area contributed by atoms with Crippen LogP contribution in [0.15, 0.2) is 46.9 Å². The molecule has 0 saturated heterocycles. The molecular weight excluding hydrogens is 302 g/mol. The minimum atomic E-state index is -0.0221. The first-order valence-electron chi connectivity index (χ1n) is 6.73. The highest BCUT2D eigenvalue weighted by atomic mass is 32.2. The number of thiazole rings is 1. The molecule has 1 unspecified atom stereocenters. The van der Waals surface area contributed by atoms with Gasteiger partial charge in [-0.25, -0.2) is 4.98 Å². The van der Waals surface area contributed by atoms with Crippen molar-refractivity contribution in [1.29, 1.82) is 0 Å². The molecule has 1 aliphatic heterocycles. The van der Waals surface area contributed by atoms with E-state index < -0.39 is 0 Å². The van der Waals surface area contributed by atoms with Gasteiger partial charge in [-0.15, -0.1) is 23.1 Å². The van der Waals surface area contributed by atoms with Crippen LogP contribution in [0.3, 0.4) is 0 Å². The van der Waals surface area contributed by atoms with Crippen LogP contribution in [0.1, 0.15) is 11.3 Å². The molecule has 0 bridgehead atoms. The van der Waals surface area contributed by atoms with Crippen molar-refractivity contribution in [3.63, 3.8) is 0 Å². The summed E-state index contributed by atoms with van der Waals surface area (Å²) in [6, 6.07) is 8.22. The van der Waals surface area contributed by atoms with Crippen LogP contribution in [-0.4, -0.2) is 20.5 Å². The van der Waals surface area contributed by atoms with Gasteiger partial charge in [-0.05, 0) is 18.1 Å². The lowest BCUT2D eigenvalue weighted by Crippen LogP contribution is -2.32. The van der Waals surface area contributed by atoms with Gasteiger partial charge in [0, 0.05) is 22.7 Å². The molecular formula is C15H13N3OS2. The standard InChI is InChI=1S/C15H13N3OS2/c19-14(13-7-10-3-1-2-4-12(10)21-13)16-8-11-9-18-5-6-20-15(18)17-11/h1-6,9,13H,7-8H2,(H,16,19). The molecule has 1 aromatic carbocycles. The summed E-state index contributed by atoms with van der Waals surface area (Å²) in [5, 5.41) is 4.97. The van der Waals surface area contributed by atoms with Crippen LogP contribution < -0.4 is 5.32 Å². The van der Waals surface area contributed by atoms with Crippen LogP contribution in [0.5, 0.6) is 0 Å². The lowest BCUT2D eigenvalue weighted by Gasteiger charge is -2.08. The second-order valence-corrected chi connectivity index (χ2v) is 7.08. The Labute approximate surface area is 130 Å². The van der Waals surface area contributed by atoms with E-state index in [2.05, 4.69) is 22.4 Å². The van der Waals surface area contributed by atoms with E-state index in [-0.39, 0.29) is 11.2 Å². The van der Waals surface area contributed by atoms with E-state index in [1.54, 1.807) is 23.1 Å². The normalized spacial score (nSPS) is 17.0. The summed E-state index contributed by atoms with van der Waals surface area (Å²) in [5.74, 6) is 0.0903.